The zero-order chi connectivity index (χ0) is 19.8. The van der Waals surface area contributed by atoms with Crippen LogP contribution in [0.3, 0.4) is 0 Å². The van der Waals surface area contributed by atoms with Gasteiger partial charge in [0.05, 0.1) is 28.0 Å². The maximum atomic E-state index is 12.6. The molecule has 2 aromatic rings. The van der Waals surface area contributed by atoms with Gasteiger partial charge in [-0.2, -0.15) is 0 Å². The van der Waals surface area contributed by atoms with Gasteiger partial charge in [-0.1, -0.05) is 29.3 Å². The van der Waals surface area contributed by atoms with Crippen molar-refractivity contribution in [3.05, 3.63) is 63.1 Å². The molecule has 1 unspecified atom stereocenters. The largest absolute Gasteiger partial charge is 0.346 e. The lowest BCUT2D eigenvalue weighted by Crippen LogP contribution is -2.35. The zero-order valence-electron chi connectivity index (χ0n) is 15.0. The molecule has 0 bridgehead atoms. The number of sulfonamides is 1. The highest BCUT2D eigenvalue weighted by Gasteiger charge is 2.25. The first-order chi connectivity index (χ1) is 12.7. The van der Waals surface area contributed by atoms with E-state index in [9.17, 15) is 13.2 Å². The summed E-state index contributed by atoms with van der Waals surface area (Å²) in [5, 5.41) is 3.83. The van der Waals surface area contributed by atoms with Gasteiger partial charge in [0.15, 0.2) is 0 Å². The predicted octanol–water partition coefficient (Wildman–Crippen LogP) is 4.20. The van der Waals surface area contributed by atoms with Crippen molar-refractivity contribution in [3.63, 3.8) is 0 Å². The molecule has 0 saturated heterocycles. The number of hydrogen-bond acceptors (Lipinski definition) is 3. The van der Waals surface area contributed by atoms with Gasteiger partial charge >= 0.3 is 0 Å². The molecule has 144 valence electrons. The number of aryl methyl sites for hydroxylation is 1. The number of carbonyl (C=O) groups is 1. The SMILES string of the molecule is CC(NC(=O)c1ccc2c(c1)CCCN2S(C)(=O)=O)c1ccc(Cl)c(Cl)c1. The van der Waals surface area contributed by atoms with E-state index in [-0.39, 0.29) is 11.9 Å². The van der Waals surface area contributed by atoms with Crippen LogP contribution in [0.15, 0.2) is 36.4 Å². The van der Waals surface area contributed by atoms with Crippen LogP contribution in [0.2, 0.25) is 10.0 Å². The first-order valence-electron chi connectivity index (χ1n) is 8.53. The number of anilines is 1. The van der Waals surface area contributed by atoms with Crippen LogP contribution in [0.5, 0.6) is 0 Å². The van der Waals surface area contributed by atoms with Gasteiger partial charge in [0, 0.05) is 12.1 Å². The summed E-state index contributed by atoms with van der Waals surface area (Å²) in [6.07, 6.45) is 2.66. The monoisotopic (exact) mass is 426 g/mol. The van der Waals surface area contributed by atoms with Crippen LogP contribution >= 0.6 is 23.2 Å². The highest BCUT2D eigenvalue weighted by molar-refractivity contribution is 7.92. The van der Waals surface area contributed by atoms with Gasteiger partial charge < -0.3 is 5.32 Å². The number of carbonyl (C=O) groups excluding carboxylic acids is 1. The smallest absolute Gasteiger partial charge is 0.251 e. The van der Waals surface area contributed by atoms with E-state index in [4.69, 9.17) is 23.2 Å². The lowest BCUT2D eigenvalue weighted by Gasteiger charge is -2.29. The summed E-state index contributed by atoms with van der Waals surface area (Å²) in [4.78, 5) is 12.6. The van der Waals surface area contributed by atoms with Crippen LogP contribution in [-0.4, -0.2) is 27.1 Å². The number of halogens is 2. The average molecular weight is 427 g/mol. The normalized spacial score (nSPS) is 15.2. The molecular formula is C19H20Cl2N2O3S. The summed E-state index contributed by atoms with van der Waals surface area (Å²) < 4.78 is 25.3. The second kappa shape index (κ2) is 7.70. The Hall–Kier alpha value is -1.76. The molecule has 0 fully saturated rings. The Labute approximate surface area is 169 Å². The lowest BCUT2D eigenvalue weighted by atomic mass is 10.00. The van der Waals surface area contributed by atoms with Crippen LogP contribution < -0.4 is 9.62 Å². The second-order valence-corrected chi connectivity index (χ2v) is 9.37. The summed E-state index contributed by atoms with van der Waals surface area (Å²) in [6.45, 7) is 2.33. The van der Waals surface area contributed by atoms with Crippen LogP contribution in [0.25, 0.3) is 0 Å². The number of fused-ring (bicyclic) bond motifs is 1. The molecule has 0 spiro atoms. The molecule has 8 heteroatoms. The molecule has 0 radical (unpaired) electrons. The topological polar surface area (TPSA) is 66.5 Å². The molecule has 1 aliphatic rings. The number of nitrogens with zero attached hydrogens (tertiary/aromatic N) is 1. The van der Waals surface area contributed by atoms with Gasteiger partial charge in [-0.3, -0.25) is 9.10 Å². The first-order valence-corrected chi connectivity index (χ1v) is 11.1. The van der Waals surface area contributed by atoms with E-state index in [0.717, 1.165) is 24.0 Å². The lowest BCUT2D eigenvalue weighted by molar-refractivity contribution is 0.0940. The number of amides is 1. The average Bonchev–Trinajstić information content (AvgIpc) is 2.62. The van der Waals surface area contributed by atoms with Crippen molar-refractivity contribution in [1.82, 2.24) is 5.32 Å². The fourth-order valence-corrected chi connectivity index (χ4v) is 4.50. The molecule has 1 aliphatic heterocycles. The fraction of sp³-hybridized carbons (Fsp3) is 0.316. The van der Waals surface area contributed by atoms with Gasteiger partial charge in [0.1, 0.15) is 0 Å². The van der Waals surface area contributed by atoms with E-state index in [2.05, 4.69) is 5.32 Å². The van der Waals surface area contributed by atoms with E-state index in [1.165, 1.54) is 10.6 Å². The summed E-state index contributed by atoms with van der Waals surface area (Å²) in [5.41, 5.74) is 2.86. The maximum absolute atomic E-state index is 12.6. The van der Waals surface area contributed by atoms with Crippen molar-refractivity contribution in [1.29, 1.82) is 0 Å². The van der Waals surface area contributed by atoms with Gasteiger partial charge in [-0.15, -0.1) is 0 Å². The van der Waals surface area contributed by atoms with Gasteiger partial charge in [-0.05, 0) is 61.2 Å². The van der Waals surface area contributed by atoms with E-state index in [1.54, 1.807) is 30.3 Å². The Morgan fingerprint density at radius 1 is 1.15 bits per heavy atom. The van der Waals surface area contributed by atoms with Crippen molar-refractivity contribution in [3.8, 4) is 0 Å². The third-order valence-electron chi connectivity index (χ3n) is 4.61. The highest BCUT2D eigenvalue weighted by Crippen LogP contribution is 2.30. The Morgan fingerprint density at radius 2 is 1.89 bits per heavy atom. The van der Waals surface area contributed by atoms with Crippen molar-refractivity contribution in [2.75, 3.05) is 17.1 Å². The number of benzene rings is 2. The van der Waals surface area contributed by atoms with Gasteiger partial charge in [-0.25, -0.2) is 8.42 Å². The molecule has 5 nitrogen and oxygen atoms in total. The Balaban J connectivity index is 1.80. The molecule has 0 aliphatic carbocycles. The molecule has 0 saturated carbocycles. The Morgan fingerprint density at radius 3 is 2.56 bits per heavy atom. The van der Waals surface area contributed by atoms with Crippen molar-refractivity contribution in [2.24, 2.45) is 0 Å². The van der Waals surface area contributed by atoms with Gasteiger partial charge in [0.25, 0.3) is 5.91 Å². The molecule has 2 aromatic carbocycles. The first kappa shape index (κ1) is 20.0. The number of rotatable bonds is 4. The number of hydrogen-bond donors (Lipinski definition) is 1. The third-order valence-corrected chi connectivity index (χ3v) is 6.53. The van der Waals surface area contributed by atoms with Gasteiger partial charge in [0.2, 0.25) is 10.0 Å². The third kappa shape index (κ3) is 4.39. The summed E-state index contributed by atoms with van der Waals surface area (Å²) >= 11 is 12.0. The molecule has 1 N–H and O–H groups in total. The van der Waals surface area contributed by atoms with Crippen molar-refractivity contribution >= 4 is 44.8 Å². The minimum absolute atomic E-state index is 0.229. The molecule has 1 amide bonds. The van der Waals surface area contributed by atoms with Crippen LogP contribution in [0, 0.1) is 0 Å². The van der Waals surface area contributed by atoms with E-state index in [1.807, 2.05) is 13.0 Å². The molecule has 1 heterocycles. The van der Waals surface area contributed by atoms with E-state index >= 15 is 0 Å². The molecule has 0 aromatic heterocycles. The standard InChI is InChI=1S/C19H20Cl2N2O3S/c1-12(13-5-7-16(20)17(21)11-13)22-19(24)15-6-8-18-14(10-15)4-3-9-23(18)27(2,25)26/h5-8,10-12H,3-4,9H2,1-2H3,(H,22,24). The molecule has 3 rings (SSSR count). The van der Waals surface area contributed by atoms with Crippen LogP contribution in [-0.2, 0) is 16.4 Å². The number of nitrogens with one attached hydrogen (secondary N) is 1. The van der Waals surface area contributed by atoms with Crippen molar-refractivity contribution < 1.29 is 13.2 Å². The summed E-state index contributed by atoms with van der Waals surface area (Å²) in [6, 6.07) is 10.1. The zero-order valence-corrected chi connectivity index (χ0v) is 17.3. The van der Waals surface area contributed by atoms with Crippen LogP contribution in [0.4, 0.5) is 5.69 Å². The Bertz CT molecular complexity index is 992. The molecule has 1 atom stereocenters. The quantitative estimate of drug-likeness (QED) is 0.796. The molecular weight excluding hydrogens is 407 g/mol. The summed E-state index contributed by atoms with van der Waals surface area (Å²) in [7, 11) is -3.33. The predicted molar refractivity (Wildman–Crippen MR) is 109 cm³/mol. The minimum atomic E-state index is -3.33. The second-order valence-electron chi connectivity index (χ2n) is 6.65. The Kier molecular flexibility index (Phi) is 5.70. The minimum Gasteiger partial charge on any atom is -0.346 e. The highest BCUT2D eigenvalue weighted by atomic mass is 35.5. The van der Waals surface area contributed by atoms with Crippen LogP contribution in [0.1, 0.15) is 40.9 Å². The molecule has 27 heavy (non-hydrogen) atoms. The maximum Gasteiger partial charge on any atom is 0.251 e. The summed E-state index contributed by atoms with van der Waals surface area (Å²) in [5.74, 6) is -0.229. The van der Waals surface area contributed by atoms with Crippen molar-refractivity contribution in [2.45, 2.75) is 25.8 Å². The van der Waals surface area contributed by atoms with E-state index < -0.39 is 10.0 Å². The fourth-order valence-electron chi connectivity index (χ4n) is 3.19. The van der Waals surface area contributed by atoms with E-state index in [0.29, 0.717) is 27.8 Å².